The summed E-state index contributed by atoms with van der Waals surface area (Å²) in [7, 11) is 1.71. The van der Waals surface area contributed by atoms with E-state index < -0.39 is 0 Å². The lowest BCUT2D eigenvalue weighted by Crippen LogP contribution is -2.46. The quantitative estimate of drug-likeness (QED) is 0.356. The molecule has 2 aromatic carbocycles. The maximum atomic E-state index is 5.28. The van der Waals surface area contributed by atoms with Crippen LogP contribution in [-0.4, -0.2) is 54.5 Å². The molecule has 0 bridgehead atoms. The van der Waals surface area contributed by atoms with Crippen LogP contribution in [0.1, 0.15) is 12.1 Å². The number of ether oxygens (including phenoxy) is 1. The smallest absolute Gasteiger partial charge is 0.119 e. The van der Waals surface area contributed by atoms with Crippen LogP contribution in [0.15, 0.2) is 78.2 Å². The molecular formula is C27H30N4OS. The first-order valence-corrected chi connectivity index (χ1v) is 12.5. The Kier molecular flexibility index (Phi) is 6.74. The van der Waals surface area contributed by atoms with E-state index in [9.17, 15) is 0 Å². The zero-order valence-electron chi connectivity index (χ0n) is 19.1. The first-order chi connectivity index (χ1) is 16.3. The SMILES string of the molecule is COc1ccc(N2CCN(CCCc3cc(-c4cccs4)n(-c4ccccc4)n3)CC2)cc1. The van der Waals surface area contributed by atoms with E-state index in [1.165, 1.54) is 22.0 Å². The Morgan fingerprint density at radius 3 is 2.36 bits per heavy atom. The molecular weight excluding hydrogens is 428 g/mol. The highest BCUT2D eigenvalue weighted by Gasteiger charge is 2.18. The Morgan fingerprint density at radius 2 is 1.67 bits per heavy atom. The maximum Gasteiger partial charge on any atom is 0.119 e. The number of piperazine rings is 1. The zero-order chi connectivity index (χ0) is 22.5. The molecule has 0 atom stereocenters. The van der Waals surface area contributed by atoms with Crippen LogP contribution in [0.25, 0.3) is 16.3 Å². The molecule has 0 aliphatic carbocycles. The predicted octanol–water partition coefficient (Wildman–Crippen LogP) is 5.36. The van der Waals surface area contributed by atoms with Crippen LogP contribution in [0.5, 0.6) is 5.75 Å². The van der Waals surface area contributed by atoms with Crippen molar-refractivity contribution in [2.75, 3.05) is 44.7 Å². The fourth-order valence-corrected chi connectivity index (χ4v) is 5.15. The van der Waals surface area contributed by atoms with Gasteiger partial charge in [-0.3, -0.25) is 4.90 Å². The topological polar surface area (TPSA) is 33.5 Å². The van der Waals surface area contributed by atoms with E-state index in [1.54, 1.807) is 18.4 Å². The molecule has 0 amide bonds. The molecule has 0 spiro atoms. The summed E-state index contributed by atoms with van der Waals surface area (Å²) in [5.41, 5.74) is 4.74. The summed E-state index contributed by atoms with van der Waals surface area (Å²) < 4.78 is 7.37. The van der Waals surface area contributed by atoms with Crippen LogP contribution in [-0.2, 0) is 6.42 Å². The molecule has 2 aromatic heterocycles. The van der Waals surface area contributed by atoms with Crippen LogP contribution >= 0.6 is 11.3 Å². The van der Waals surface area contributed by atoms with Crippen molar-refractivity contribution in [1.82, 2.24) is 14.7 Å². The lowest BCUT2D eigenvalue weighted by molar-refractivity contribution is 0.255. The first-order valence-electron chi connectivity index (χ1n) is 11.6. The molecule has 0 N–H and O–H groups in total. The van der Waals surface area contributed by atoms with Crippen molar-refractivity contribution in [3.05, 3.63) is 83.9 Å². The van der Waals surface area contributed by atoms with E-state index in [2.05, 4.69) is 74.5 Å². The number of nitrogens with zero attached hydrogens (tertiary/aromatic N) is 4. The van der Waals surface area contributed by atoms with E-state index in [0.29, 0.717) is 0 Å². The van der Waals surface area contributed by atoms with Gasteiger partial charge >= 0.3 is 0 Å². The van der Waals surface area contributed by atoms with E-state index in [-0.39, 0.29) is 0 Å². The molecule has 1 saturated heterocycles. The number of rotatable bonds is 8. The normalized spacial score (nSPS) is 14.5. The monoisotopic (exact) mass is 458 g/mol. The van der Waals surface area contributed by atoms with Gasteiger partial charge in [-0.05, 0) is 73.3 Å². The summed E-state index contributed by atoms with van der Waals surface area (Å²) in [6, 6.07) is 25.4. The molecule has 170 valence electrons. The van der Waals surface area contributed by atoms with Crippen LogP contribution < -0.4 is 9.64 Å². The second kappa shape index (κ2) is 10.2. The second-order valence-corrected chi connectivity index (χ2v) is 9.32. The standard InChI is InChI=1S/C27H30N4OS/c1-32-25-13-11-23(12-14-25)30-18-16-29(17-19-30)15-5-7-22-21-26(27-10-6-20-33-27)31(28-22)24-8-3-2-4-9-24/h2-4,6,8-14,20-21H,5,7,15-19H2,1H3. The summed E-state index contributed by atoms with van der Waals surface area (Å²) in [4.78, 5) is 6.30. The van der Waals surface area contributed by atoms with Crippen molar-refractivity contribution in [2.45, 2.75) is 12.8 Å². The molecule has 33 heavy (non-hydrogen) atoms. The fourth-order valence-electron chi connectivity index (χ4n) is 4.42. The van der Waals surface area contributed by atoms with Gasteiger partial charge in [0, 0.05) is 31.9 Å². The molecule has 3 heterocycles. The molecule has 0 unspecified atom stereocenters. The first kappa shape index (κ1) is 21.7. The van der Waals surface area contributed by atoms with Gasteiger partial charge in [0.25, 0.3) is 0 Å². The molecule has 1 aliphatic rings. The highest BCUT2D eigenvalue weighted by atomic mass is 32.1. The number of aromatic nitrogens is 2. The number of aryl methyl sites for hydroxylation is 1. The average molecular weight is 459 g/mol. The Hall–Kier alpha value is -3.09. The van der Waals surface area contributed by atoms with Crippen LogP contribution in [0.4, 0.5) is 5.69 Å². The van der Waals surface area contributed by atoms with E-state index in [4.69, 9.17) is 9.84 Å². The van der Waals surface area contributed by atoms with Gasteiger partial charge in [-0.1, -0.05) is 24.3 Å². The minimum absolute atomic E-state index is 0.911. The molecule has 6 heteroatoms. The van der Waals surface area contributed by atoms with Gasteiger partial charge in [-0.15, -0.1) is 11.3 Å². The molecule has 4 aromatic rings. The largest absolute Gasteiger partial charge is 0.497 e. The minimum atomic E-state index is 0.911. The van der Waals surface area contributed by atoms with Gasteiger partial charge in [-0.25, -0.2) is 4.68 Å². The molecule has 1 aliphatic heterocycles. The molecule has 0 saturated carbocycles. The third-order valence-electron chi connectivity index (χ3n) is 6.25. The third-order valence-corrected chi connectivity index (χ3v) is 7.14. The van der Waals surface area contributed by atoms with Gasteiger partial charge in [0.1, 0.15) is 5.75 Å². The van der Waals surface area contributed by atoms with Crippen LogP contribution in [0, 0.1) is 0 Å². The van der Waals surface area contributed by atoms with Gasteiger partial charge in [0.15, 0.2) is 0 Å². The molecule has 5 nitrogen and oxygen atoms in total. The summed E-state index contributed by atoms with van der Waals surface area (Å²) in [5, 5.41) is 7.10. The second-order valence-electron chi connectivity index (χ2n) is 8.38. The third kappa shape index (κ3) is 5.13. The zero-order valence-corrected chi connectivity index (χ0v) is 19.9. The Morgan fingerprint density at radius 1 is 0.879 bits per heavy atom. The van der Waals surface area contributed by atoms with Crippen molar-refractivity contribution < 1.29 is 4.74 Å². The van der Waals surface area contributed by atoms with Crippen molar-refractivity contribution in [3.8, 4) is 22.0 Å². The summed E-state index contributed by atoms with van der Waals surface area (Å²) in [6.07, 6.45) is 2.12. The number of hydrogen-bond donors (Lipinski definition) is 0. The minimum Gasteiger partial charge on any atom is -0.497 e. The van der Waals surface area contributed by atoms with Crippen molar-refractivity contribution in [1.29, 1.82) is 0 Å². The molecule has 1 fully saturated rings. The number of anilines is 1. The Bertz CT molecular complexity index is 1130. The van der Waals surface area contributed by atoms with Gasteiger partial charge in [-0.2, -0.15) is 5.10 Å². The predicted molar refractivity (Wildman–Crippen MR) is 137 cm³/mol. The van der Waals surface area contributed by atoms with Gasteiger partial charge in [0.05, 0.1) is 29.1 Å². The molecule has 5 rings (SSSR count). The number of methoxy groups -OCH3 is 1. The van der Waals surface area contributed by atoms with Crippen LogP contribution in [0.3, 0.4) is 0 Å². The van der Waals surface area contributed by atoms with E-state index in [0.717, 1.165) is 57.0 Å². The highest BCUT2D eigenvalue weighted by Crippen LogP contribution is 2.28. The van der Waals surface area contributed by atoms with Crippen molar-refractivity contribution >= 4 is 17.0 Å². The average Bonchev–Trinajstić information content (AvgIpc) is 3.55. The van der Waals surface area contributed by atoms with Crippen molar-refractivity contribution in [2.24, 2.45) is 0 Å². The summed E-state index contributed by atoms with van der Waals surface area (Å²) >= 11 is 1.76. The fraction of sp³-hybridized carbons (Fsp3) is 0.296. The van der Waals surface area contributed by atoms with Gasteiger partial charge < -0.3 is 9.64 Å². The van der Waals surface area contributed by atoms with Crippen LogP contribution in [0.2, 0.25) is 0 Å². The number of benzene rings is 2. The number of hydrogen-bond acceptors (Lipinski definition) is 5. The number of thiophene rings is 1. The lowest BCUT2D eigenvalue weighted by atomic mass is 10.2. The molecule has 0 radical (unpaired) electrons. The highest BCUT2D eigenvalue weighted by molar-refractivity contribution is 7.13. The lowest BCUT2D eigenvalue weighted by Gasteiger charge is -2.36. The van der Waals surface area contributed by atoms with E-state index in [1.807, 2.05) is 18.2 Å². The Balaban J connectivity index is 1.17. The summed E-state index contributed by atoms with van der Waals surface area (Å²) in [6.45, 7) is 5.45. The maximum absolute atomic E-state index is 5.28. The van der Waals surface area contributed by atoms with Gasteiger partial charge in [0.2, 0.25) is 0 Å². The number of para-hydroxylation sites is 1. The summed E-state index contributed by atoms with van der Waals surface area (Å²) in [5.74, 6) is 0.911. The van der Waals surface area contributed by atoms with Crippen molar-refractivity contribution in [3.63, 3.8) is 0 Å². The van der Waals surface area contributed by atoms with E-state index >= 15 is 0 Å². The Labute approximate surface area is 199 Å².